The molecule has 3 N–H and O–H groups in total. The minimum absolute atomic E-state index is 0.0260. The molecule has 21 heavy (non-hydrogen) atoms. The Balaban J connectivity index is 2.49. The van der Waals surface area contributed by atoms with Gasteiger partial charge in [0.1, 0.15) is 11.0 Å². The summed E-state index contributed by atoms with van der Waals surface area (Å²) in [5.74, 6) is 0. The second-order valence-electron chi connectivity index (χ2n) is 4.32. The lowest BCUT2D eigenvalue weighted by Gasteiger charge is -2.11. The van der Waals surface area contributed by atoms with E-state index in [9.17, 15) is 8.42 Å². The highest BCUT2D eigenvalue weighted by Crippen LogP contribution is 2.25. The zero-order valence-corrected chi connectivity index (χ0v) is 12.5. The summed E-state index contributed by atoms with van der Waals surface area (Å²) in [6.45, 7) is 1.76. The molecular weight excluding hydrogens is 312 g/mol. The molecule has 0 aliphatic heterocycles. The maximum absolute atomic E-state index is 12.4. The number of hydrogen-bond acceptors (Lipinski definition) is 5. The van der Waals surface area contributed by atoms with Gasteiger partial charge in [0.15, 0.2) is 5.15 Å². The van der Waals surface area contributed by atoms with Crippen molar-refractivity contribution < 1.29 is 8.42 Å². The van der Waals surface area contributed by atoms with E-state index in [4.69, 9.17) is 22.6 Å². The molecule has 0 unspecified atom stereocenters. The number of nitriles is 1. The van der Waals surface area contributed by atoms with Crippen LogP contribution in [0.2, 0.25) is 5.15 Å². The molecule has 2 rings (SSSR count). The molecular formula is C13H11ClN4O2S. The summed E-state index contributed by atoms with van der Waals surface area (Å²) in [6.07, 6.45) is 1.52. The predicted octanol–water partition coefficient (Wildman–Crippen LogP) is 2.30. The van der Waals surface area contributed by atoms with Gasteiger partial charge in [0, 0.05) is 11.9 Å². The highest BCUT2D eigenvalue weighted by atomic mass is 35.5. The van der Waals surface area contributed by atoms with Crippen molar-refractivity contribution in [1.29, 1.82) is 5.26 Å². The quantitative estimate of drug-likeness (QED) is 0.665. The van der Waals surface area contributed by atoms with E-state index in [-0.39, 0.29) is 21.3 Å². The number of sulfonamides is 1. The number of nitrogen functional groups attached to an aromatic ring is 1. The molecule has 0 spiro atoms. The van der Waals surface area contributed by atoms with E-state index < -0.39 is 10.0 Å². The molecule has 1 heterocycles. The highest BCUT2D eigenvalue weighted by Gasteiger charge is 2.20. The molecule has 0 amide bonds. The first kappa shape index (κ1) is 15.1. The Morgan fingerprint density at radius 2 is 2.10 bits per heavy atom. The fourth-order valence-electron chi connectivity index (χ4n) is 1.69. The number of rotatable bonds is 3. The number of aryl methyl sites for hydroxylation is 1. The number of nitrogens with one attached hydrogen (secondary N) is 1. The van der Waals surface area contributed by atoms with E-state index in [1.807, 2.05) is 0 Å². The van der Waals surface area contributed by atoms with Gasteiger partial charge in [-0.1, -0.05) is 11.6 Å². The van der Waals surface area contributed by atoms with Crippen LogP contribution in [0.4, 0.5) is 11.4 Å². The molecule has 0 atom stereocenters. The maximum Gasteiger partial charge on any atom is 0.263 e. The summed E-state index contributed by atoms with van der Waals surface area (Å²) >= 11 is 5.87. The Morgan fingerprint density at radius 3 is 2.76 bits per heavy atom. The van der Waals surface area contributed by atoms with Gasteiger partial charge in [-0.2, -0.15) is 5.26 Å². The molecule has 6 nitrogen and oxygen atoms in total. The molecule has 1 aromatic carbocycles. The fourth-order valence-corrected chi connectivity index (χ4v) is 3.10. The third-order valence-corrected chi connectivity index (χ3v) is 4.36. The number of nitrogens with two attached hydrogens (primary N) is 1. The standard InChI is InChI=1S/C13H11ClN4O2S/c1-8-4-11(13(14)17-7-8)18-21(19,20)12-3-2-10(16)5-9(12)6-15/h2-5,7,18H,16H2,1H3. The van der Waals surface area contributed by atoms with Gasteiger partial charge in [-0.25, -0.2) is 13.4 Å². The van der Waals surface area contributed by atoms with Gasteiger partial charge < -0.3 is 5.73 Å². The van der Waals surface area contributed by atoms with Crippen molar-refractivity contribution in [3.8, 4) is 6.07 Å². The monoisotopic (exact) mass is 322 g/mol. The summed E-state index contributed by atoms with van der Waals surface area (Å²) in [6, 6.07) is 7.33. The van der Waals surface area contributed by atoms with Crippen LogP contribution in [0, 0.1) is 18.3 Å². The Labute approximate surface area is 127 Å². The topological polar surface area (TPSA) is 109 Å². The molecule has 0 aliphatic rings. The van der Waals surface area contributed by atoms with Crippen LogP contribution in [0.3, 0.4) is 0 Å². The number of nitrogens with zero attached hydrogens (tertiary/aromatic N) is 2. The van der Waals surface area contributed by atoms with Crippen molar-refractivity contribution in [1.82, 2.24) is 4.98 Å². The summed E-state index contributed by atoms with van der Waals surface area (Å²) in [5.41, 5.74) is 6.70. The summed E-state index contributed by atoms with van der Waals surface area (Å²) in [4.78, 5) is 3.70. The number of aromatic nitrogens is 1. The van der Waals surface area contributed by atoms with Crippen LogP contribution in [-0.4, -0.2) is 13.4 Å². The van der Waals surface area contributed by atoms with E-state index in [1.165, 1.54) is 24.4 Å². The van der Waals surface area contributed by atoms with Crippen molar-refractivity contribution in [3.63, 3.8) is 0 Å². The second kappa shape index (κ2) is 5.60. The maximum atomic E-state index is 12.4. The van der Waals surface area contributed by atoms with Gasteiger partial charge in [-0.3, -0.25) is 4.72 Å². The number of anilines is 2. The first-order valence-electron chi connectivity index (χ1n) is 5.78. The molecule has 0 radical (unpaired) electrons. The van der Waals surface area contributed by atoms with Gasteiger partial charge in [0.05, 0.1) is 11.3 Å². The van der Waals surface area contributed by atoms with Gasteiger partial charge >= 0.3 is 0 Å². The number of hydrogen-bond donors (Lipinski definition) is 2. The van der Waals surface area contributed by atoms with Gasteiger partial charge in [-0.15, -0.1) is 0 Å². The van der Waals surface area contributed by atoms with Gasteiger partial charge in [-0.05, 0) is 36.8 Å². The Kier molecular flexibility index (Phi) is 4.02. The number of benzene rings is 1. The molecule has 108 valence electrons. The smallest absolute Gasteiger partial charge is 0.263 e. The van der Waals surface area contributed by atoms with Crippen molar-refractivity contribution in [2.24, 2.45) is 0 Å². The molecule has 8 heteroatoms. The average molecular weight is 323 g/mol. The van der Waals surface area contributed by atoms with E-state index >= 15 is 0 Å². The first-order valence-corrected chi connectivity index (χ1v) is 7.64. The van der Waals surface area contributed by atoms with Crippen molar-refractivity contribution in [2.45, 2.75) is 11.8 Å². The fraction of sp³-hybridized carbons (Fsp3) is 0.0769. The molecule has 0 saturated heterocycles. The highest BCUT2D eigenvalue weighted by molar-refractivity contribution is 7.92. The third-order valence-electron chi connectivity index (χ3n) is 2.63. The average Bonchev–Trinajstić information content (AvgIpc) is 2.42. The Hall–Kier alpha value is -2.30. The normalized spacial score (nSPS) is 10.9. The zero-order valence-electron chi connectivity index (χ0n) is 11.0. The van der Waals surface area contributed by atoms with Crippen molar-refractivity contribution in [2.75, 3.05) is 10.5 Å². The largest absolute Gasteiger partial charge is 0.399 e. The zero-order chi connectivity index (χ0) is 15.6. The minimum atomic E-state index is -3.96. The van der Waals surface area contributed by atoms with Crippen LogP contribution in [0.5, 0.6) is 0 Å². The van der Waals surface area contributed by atoms with Crippen molar-refractivity contribution in [3.05, 3.63) is 46.7 Å². The lowest BCUT2D eigenvalue weighted by Crippen LogP contribution is -2.15. The first-order chi connectivity index (χ1) is 9.83. The summed E-state index contributed by atoms with van der Waals surface area (Å²) < 4.78 is 27.1. The Morgan fingerprint density at radius 1 is 1.38 bits per heavy atom. The molecule has 0 fully saturated rings. The third kappa shape index (κ3) is 3.24. The van der Waals surface area contributed by atoms with Gasteiger partial charge in [0.2, 0.25) is 0 Å². The van der Waals surface area contributed by atoms with Crippen LogP contribution >= 0.6 is 11.6 Å². The molecule has 0 saturated carbocycles. The molecule has 2 aromatic rings. The van der Waals surface area contributed by atoms with Crippen molar-refractivity contribution >= 4 is 33.0 Å². The van der Waals surface area contributed by atoms with Crippen LogP contribution in [0.15, 0.2) is 35.4 Å². The minimum Gasteiger partial charge on any atom is -0.399 e. The predicted molar refractivity (Wildman–Crippen MR) is 80.4 cm³/mol. The van der Waals surface area contributed by atoms with Crippen LogP contribution < -0.4 is 10.5 Å². The molecule has 1 aromatic heterocycles. The SMILES string of the molecule is Cc1cnc(Cl)c(NS(=O)(=O)c2ccc(N)cc2C#N)c1. The summed E-state index contributed by atoms with van der Waals surface area (Å²) in [7, 11) is -3.96. The Bertz CT molecular complexity index is 844. The second-order valence-corrected chi connectivity index (χ2v) is 6.33. The van der Waals surface area contributed by atoms with E-state index in [0.29, 0.717) is 5.69 Å². The lowest BCUT2D eigenvalue weighted by atomic mass is 10.2. The van der Waals surface area contributed by atoms with E-state index in [0.717, 1.165) is 5.56 Å². The molecule has 0 bridgehead atoms. The molecule has 0 aliphatic carbocycles. The van der Waals surface area contributed by atoms with Gasteiger partial charge in [0.25, 0.3) is 10.0 Å². The summed E-state index contributed by atoms with van der Waals surface area (Å²) in [5, 5.41) is 9.06. The lowest BCUT2D eigenvalue weighted by molar-refractivity contribution is 0.601. The number of pyridine rings is 1. The van der Waals surface area contributed by atoms with Crippen LogP contribution in [0.1, 0.15) is 11.1 Å². The number of halogens is 1. The van der Waals surface area contributed by atoms with E-state index in [2.05, 4.69) is 9.71 Å². The van der Waals surface area contributed by atoms with E-state index in [1.54, 1.807) is 19.1 Å². The van der Waals surface area contributed by atoms with Crippen LogP contribution in [-0.2, 0) is 10.0 Å². The van der Waals surface area contributed by atoms with Crippen LogP contribution in [0.25, 0.3) is 0 Å².